The van der Waals surface area contributed by atoms with E-state index in [-0.39, 0.29) is 26.3 Å². The van der Waals surface area contributed by atoms with Gasteiger partial charge < -0.3 is 10.1 Å². The minimum atomic E-state index is -3.74. The summed E-state index contributed by atoms with van der Waals surface area (Å²) in [7, 11) is -2.32. The molecule has 0 atom stereocenters. The molecule has 6 nitrogen and oxygen atoms in total. The number of hydrogen-bond acceptors (Lipinski definition) is 4. The predicted octanol–water partition coefficient (Wildman–Crippen LogP) is 5.06. The van der Waals surface area contributed by atoms with Gasteiger partial charge in [-0.3, -0.25) is 9.52 Å². The molecule has 0 radical (unpaired) electrons. The monoisotopic (exact) mass is 450 g/mol. The smallest absolute Gasteiger partial charge is 0.261 e. The number of halogens is 2. The van der Waals surface area contributed by atoms with Crippen molar-refractivity contribution in [3.05, 3.63) is 82.3 Å². The minimum absolute atomic E-state index is 0.136. The Morgan fingerprint density at radius 1 is 0.897 bits per heavy atom. The van der Waals surface area contributed by atoms with Crippen LogP contribution in [0.3, 0.4) is 0 Å². The fourth-order valence-corrected chi connectivity index (χ4v) is 4.28. The minimum Gasteiger partial charge on any atom is -0.494 e. The number of rotatable bonds is 6. The Balaban J connectivity index is 1.79. The van der Waals surface area contributed by atoms with Crippen molar-refractivity contribution in [1.82, 2.24) is 0 Å². The Hall–Kier alpha value is -2.74. The van der Waals surface area contributed by atoms with E-state index in [0.717, 1.165) is 0 Å². The number of carbonyl (C=O) groups excluding carboxylic acids is 1. The van der Waals surface area contributed by atoms with Crippen LogP contribution in [-0.4, -0.2) is 21.4 Å². The zero-order valence-electron chi connectivity index (χ0n) is 15.1. The molecular formula is C20H16Cl2N2O4S. The molecule has 0 spiro atoms. The lowest BCUT2D eigenvalue weighted by Crippen LogP contribution is -2.14. The Kier molecular flexibility index (Phi) is 6.32. The molecule has 0 bridgehead atoms. The van der Waals surface area contributed by atoms with Crippen LogP contribution in [0, 0.1) is 0 Å². The topological polar surface area (TPSA) is 84.5 Å². The summed E-state index contributed by atoms with van der Waals surface area (Å²) in [6.07, 6.45) is 0. The average Bonchev–Trinajstić information content (AvgIpc) is 2.68. The van der Waals surface area contributed by atoms with Gasteiger partial charge in [0, 0.05) is 11.3 Å². The molecule has 9 heteroatoms. The first-order valence-corrected chi connectivity index (χ1v) is 10.6. The number of amides is 1. The van der Waals surface area contributed by atoms with Crippen molar-refractivity contribution in [2.24, 2.45) is 0 Å². The molecule has 0 fully saturated rings. The second-order valence-corrected chi connectivity index (χ2v) is 8.42. The van der Waals surface area contributed by atoms with Crippen LogP contribution in [0.5, 0.6) is 5.75 Å². The lowest BCUT2D eigenvalue weighted by molar-refractivity contribution is 0.102. The van der Waals surface area contributed by atoms with Crippen LogP contribution in [-0.2, 0) is 10.0 Å². The van der Waals surface area contributed by atoms with Gasteiger partial charge in [0.1, 0.15) is 0 Å². The normalized spacial score (nSPS) is 11.0. The van der Waals surface area contributed by atoms with Gasteiger partial charge in [-0.2, -0.15) is 0 Å². The molecule has 0 saturated heterocycles. The second-order valence-electron chi connectivity index (χ2n) is 5.93. The maximum atomic E-state index is 12.5. The number of methoxy groups -OCH3 is 1. The fraction of sp³-hybridized carbons (Fsp3) is 0.0500. The van der Waals surface area contributed by atoms with E-state index in [1.807, 2.05) is 0 Å². The Morgan fingerprint density at radius 2 is 1.52 bits per heavy atom. The summed E-state index contributed by atoms with van der Waals surface area (Å²) in [6.45, 7) is 0. The van der Waals surface area contributed by atoms with Gasteiger partial charge in [-0.05, 0) is 42.5 Å². The summed E-state index contributed by atoms with van der Waals surface area (Å²) in [5.74, 6) is -0.179. The Morgan fingerprint density at radius 3 is 2.14 bits per heavy atom. The molecule has 3 aromatic rings. The molecule has 3 rings (SSSR count). The quantitative estimate of drug-likeness (QED) is 0.549. The van der Waals surface area contributed by atoms with Crippen LogP contribution in [0.4, 0.5) is 11.4 Å². The van der Waals surface area contributed by atoms with E-state index in [0.29, 0.717) is 11.4 Å². The van der Waals surface area contributed by atoms with Gasteiger partial charge in [0.15, 0.2) is 5.75 Å². The molecule has 150 valence electrons. The molecule has 2 N–H and O–H groups in total. The third kappa shape index (κ3) is 5.00. The van der Waals surface area contributed by atoms with Gasteiger partial charge in [0.25, 0.3) is 15.9 Å². The van der Waals surface area contributed by atoms with Gasteiger partial charge in [0.05, 0.1) is 27.7 Å². The third-order valence-electron chi connectivity index (χ3n) is 3.89. The van der Waals surface area contributed by atoms with Crippen LogP contribution >= 0.6 is 23.2 Å². The van der Waals surface area contributed by atoms with E-state index in [1.165, 1.54) is 37.4 Å². The van der Waals surface area contributed by atoms with E-state index in [4.69, 9.17) is 27.9 Å². The number of ether oxygens (including phenoxy) is 1. The summed E-state index contributed by atoms with van der Waals surface area (Å²) in [5.41, 5.74) is 0.930. The van der Waals surface area contributed by atoms with Crippen molar-refractivity contribution in [2.45, 2.75) is 4.90 Å². The highest BCUT2D eigenvalue weighted by atomic mass is 35.5. The fourth-order valence-electron chi connectivity index (χ4n) is 2.56. The molecule has 0 aliphatic heterocycles. The first-order valence-electron chi connectivity index (χ1n) is 8.32. The van der Waals surface area contributed by atoms with Crippen LogP contribution in [0.25, 0.3) is 0 Å². The van der Waals surface area contributed by atoms with E-state index < -0.39 is 15.9 Å². The van der Waals surface area contributed by atoms with Crippen LogP contribution in [0.15, 0.2) is 71.6 Å². The van der Waals surface area contributed by atoms with Crippen molar-refractivity contribution in [2.75, 3.05) is 17.1 Å². The molecule has 3 aromatic carbocycles. The molecule has 29 heavy (non-hydrogen) atoms. The highest BCUT2D eigenvalue weighted by molar-refractivity contribution is 7.92. The predicted molar refractivity (Wildman–Crippen MR) is 115 cm³/mol. The molecule has 0 aromatic heterocycles. The standard InChI is InChI=1S/C20H16Cl2N2O4S/c1-28-19-17(21)10-13(11-18(19)22)20(25)23-14-6-5-7-15(12-14)24-29(26,27)16-8-3-2-4-9-16/h2-12,24H,1H3,(H,23,25). The number of anilines is 2. The molecule has 0 unspecified atom stereocenters. The summed E-state index contributed by atoms with van der Waals surface area (Å²) >= 11 is 12.1. The van der Waals surface area contributed by atoms with Crippen molar-refractivity contribution < 1.29 is 17.9 Å². The molecule has 0 aliphatic rings. The molecule has 1 amide bonds. The van der Waals surface area contributed by atoms with Crippen molar-refractivity contribution >= 4 is 50.5 Å². The number of benzene rings is 3. The maximum Gasteiger partial charge on any atom is 0.261 e. The molecule has 0 saturated carbocycles. The highest BCUT2D eigenvalue weighted by Gasteiger charge is 2.16. The molecule has 0 aliphatic carbocycles. The largest absolute Gasteiger partial charge is 0.494 e. The van der Waals surface area contributed by atoms with Gasteiger partial charge in [-0.1, -0.05) is 47.5 Å². The summed E-state index contributed by atoms with van der Waals surface area (Å²) in [4.78, 5) is 12.7. The van der Waals surface area contributed by atoms with Crippen LogP contribution < -0.4 is 14.8 Å². The van der Waals surface area contributed by atoms with Crippen LogP contribution in [0.1, 0.15) is 10.4 Å². The first-order chi connectivity index (χ1) is 13.8. The lowest BCUT2D eigenvalue weighted by Gasteiger charge is -2.11. The van der Waals surface area contributed by atoms with Crippen LogP contribution in [0.2, 0.25) is 10.0 Å². The Bertz CT molecular complexity index is 1130. The second kappa shape index (κ2) is 8.73. The zero-order chi connectivity index (χ0) is 21.0. The van der Waals surface area contributed by atoms with Crippen molar-refractivity contribution in [3.63, 3.8) is 0 Å². The van der Waals surface area contributed by atoms with E-state index in [9.17, 15) is 13.2 Å². The SMILES string of the molecule is COc1c(Cl)cc(C(=O)Nc2cccc(NS(=O)(=O)c3ccccc3)c2)cc1Cl. The number of nitrogens with one attached hydrogen (secondary N) is 2. The zero-order valence-corrected chi connectivity index (χ0v) is 17.5. The lowest BCUT2D eigenvalue weighted by atomic mass is 10.2. The van der Waals surface area contributed by atoms with Gasteiger partial charge in [0.2, 0.25) is 0 Å². The molecule has 0 heterocycles. The van der Waals surface area contributed by atoms with E-state index in [1.54, 1.807) is 36.4 Å². The highest BCUT2D eigenvalue weighted by Crippen LogP contribution is 2.34. The van der Waals surface area contributed by atoms with Crippen molar-refractivity contribution in [3.8, 4) is 5.75 Å². The maximum absolute atomic E-state index is 12.5. The molecular weight excluding hydrogens is 435 g/mol. The number of hydrogen-bond donors (Lipinski definition) is 2. The van der Waals surface area contributed by atoms with Gasteiger partial charge in [-0.15, -0.1) is 0 Å². The number of sulfonamides is 1. The summed E-state index contributed by atoms with van der Waals surface area (Å²) in [6, 6.07) is 17.2. The van der Waals surface area contributed by atoms with E-state index >= 15 is 0 Å². The van der Waals surface area contributed by atoms with Gasteiger partial charge >= 0.3 is 0 Å². The average molecular weight is 451 g/mol. The number of carbonyl (C=O) groups is 1. The first kappa shape index (κ1) is 21.0. The van der Waals surface area contributed by atoms with Crippen molar-refractivity contribution in [1.29, 1.82) is 0 Å². The third-order valence-corrected chi connectivity index (χ3v) is 5.85. The summed E-state index contributed by atoms with van der Waals surface area (Å²) in [5, 5.41) is 3.09. The van der Waals surface area contributed by atoms with E-state index in [2.05, 4.69) is 10.0 Å². The Labute approximate surface area is 178 Å². The summed E-state index contributed by atoms with van der Waals surface area (Å²) < 4.78 is 32.5. The van der Waals surface area contributed by atoms with Gasteiger partial charge in [-0.25, -0.2) is 8.42 Å².